The van der Waals surface area contributed by atoms with Crippen molar-refractivity contribution < 1.29 is 49.9 Å². The Bertz CT molecular complexity index is 3750. The number of carbonyl (C=O) groups is 1. The Labute approximate surface area is 436 Å². The molecule has 0 saturated carbocycles. The average molecular weight is 1080 g/mol. The standard InChI is InChI=1S/C54H58N6O12S3/c1-8-53(3,4)34-22-27-48(42(30-34)54(5,6)9-2)72-29-13-12-28-55-52(63)41-33-46(38-18-10-11-19-39(38)51(41)62)59-75(70,71)37-17-14-16-36(32-37)74(68,69)58-45-21-15-20-40-47(61)26-25-44(50(40)45)57-56-43-24-23-35(60(64)65)31-49(43)73(7,66)67/h10-11,14-27,30-33,58-59,61-62H,8-9,12-13,28-29H2,1-7H3,(H,55,63). The number of phenolic OH excluding ortho intramolecular Hbond substituents is 2. The summed E-state index contributed by atoms with van der Waals surface area (Å²) in [5.74, 6) is -0.486. The molecule has 0 saturated heterocycles. The number of sulfonamides is 2. The van der Waals surface area contributed by atoms with Crippen molar-refractivity contribution in [2.75, 3.05) is 28.9 Å². The molecule has 0 radical (unpaired) electrons. The van der Waals surface area contributed by atoms with Crippen LogP contribution in [0.15, 0.2) is 146 Å². The summed E-state index contributed by atoms with van der Waals surface area (Å²) in [7, 11) is -13.3. The number of nitro benzene ring substituents is 1. The number of non-ortho nitro benzene ring substituents is 1. The second kappa shape index (κ2) is 21.7. The van der Waals surface area contributed by atoms with Gasteiger partial charge in [0.15, 0.2) is 9.84 Å². The van der Waals surface area contributed by atoms with Gasteiger partial charge in [-0.25, -0.2) is 25.3 Å². The van der Waals surface area contributed by atoms with Crippen LogP contribution in [0.5, 0.6) is 17.2 Å². The van der Waals surface area contributed by atoms with Crippen molar-refractivity contribution in [1.29, 1.82) is 0 Å². The second-order valence-corrected chi connectivity index (χ2v) is 24.6. The summed E-state index contributed by atoms with van der Waals surface area (Å²) in [6, 6.07) is 28.2. The topological polar surface area (TPSA) is 273 Å². The number of fused-ring (bicyclic) bond motifs is 2. The van der Waals surface area contributed by atoms with Crippen molar-refractivity contribution in [3.8, 4) is 17.2 Å². The van der Waals surface area contributed by atoms with Gasteiger partial charge in [0.05, 0.1) is 43.9 Å². The van der Waals surface area contributed by atoms with Gasteiger partial charge in [-0.1, -0.05) is 96.1 Å². The third-order valence-corrected chi connectivity index (χ3v) is 17.2. The molecule has 21 heteroatoms. The first kappa shape index (κ1) is 55.1. The number of sulfone groups is 1. The maximum absolute atomic E-state index is 14.2. The first-order valence-electron chi connectivity index (χ1n) is 23.9. The molecule has 18 nitrogen and oxygen atoms in total. The number of nitrogens with one attached hydrogen (secondary N) is 3. The van der Waals surface area contributed by atoms with Crippen molar-refractivity contribution in [1.82, 2.24) is 5.32 Å². The average Bonchev–Trinajstić information content (AvgIpc) is 3.37. The third kappa shape index (κ3) is 12.2. The molecule has 394 valence electrons. The smallest absolute Gasteiger partial charge is 0.270 e. The predicted molar refractivity (Wildman–Crippen MR) is 290 cm³/mol. The number of aromatic hydroxyl groups is 2. The van der Waals surface area contributed by atoms with Crippen LogP contribution in [0.3, 0.4) is 0 Å². The summed E-state index contributed by atoms with van der Waals surface area (Å²) in [4.78, 5) is 22.8. The number of hydrogen-bond acceptors (Lipinski definition) is 14. The Morgan fingerprint density at radius 3 is 1.95 bits per heavy atom. The lowest BCUT2D eigenvalue weighted by molar-refractivity contribution is -0.385. The number of azo groups is 1. The highest BCUT2D eigenvalue weighted by molar-refractivity contribution is 7.93. The first-order valence-corrected chi connectivity index (χ1v) is 28.7. The van der Waals surface area contributed by atoms with E-state index < -0.39 is 61.1 Å². The SMILES string of the molecule is CCC(C)(C)c1ccc(OCCCCNC(=O)c2cc(NS(=O)(=O)c3cccc(S(=O)(=O)Nc4cccc5c(O)ccc(N=Nc6ccc([N+](=O)[O-])cc6S(C)(=O)=O)c45)c3)c3ccccc3c2O)c(C(C)(C)CC)c1. The van der Waals surface area contributed by atoms with Gasteiger partial charge < -0.3 is 20.3 Å². The molecule has 0 bridgehead atoms. The second-order valence-electron chi connectivity index (χ2n) is 19.3. The number of unbranched alkanes of at least 4 members (excludes halogenated alkanes) is 1. The van der Waals surface area contributed by atoms with Crippen molar-refractivity contribution in [2.24, 2.45) is 10.2 Å². The molecule has 0 aromatic heterocycles. The van der Waals surface area contributed by atoms with Gasteiger partial charge in [-0.15, -0.1) is 10.2 Å². The number of carbonyl (C=O) groups excluding carboxylic acids is 1. The highest BCUT2D eigenvalue weighted by Crippen LogP contribution is 2.42. The Balaban J connectivity index is 1.09. The normalized spacial score (nSPS) is 12.5. The quantitative estimate of drug-likeness (QED) is 0.0148. The molecule has 0 aliphatic rings. The van der Waals surface area contributed by atoms with Crippen LogP contribution in [0.25, 0.3) is 21.5 Å². The zero-order valence-corrected chi connectivity index (χ0v) is 44.8. The molecular weight excluding hydrogens is 1020 g/mol. The van der Waals surface area contributed by atoms with Crippen LogP contribution in [0.2, 0.25) is 0 Å². The van der Waals surface area contributed by atoms with Gasteiger partial charge in [-0.2, -0.15) is 0 Å². The van der Waals surface area contributed by atoms with Gasteiger partial charge in [0.25, 0.3) is 31.6 Å². The van der Waals surface area contributed by atoms with Crippen LogP contribution in [0, 0.1) is 10.1 Å². The van der Waals surface area contributed by atoms with Crippen LogP contribution < -0.4 is 19.5 Å². The molecule has 0 aliphatic carbocycles. The molecule has 0 spiro atoms. The van der Waals surface area contributed by atoms with E-state index in [-0.39, 0.29) is 78.7 Å². The molecule has 7 rings (SSSR count). The summed E-state index contributed by atoms with van der Waals surface area (Å²) >= 11 is 0. The monoisotopic (exact) mass is 1080 g/mol. The highest BCUT2D eigenvalue weighted by Gasteiger charge is 2.28. The number of benzene rings is 7. The first-order chi connectivity index (χ1) is 35.3. The van der Waals surface area contributed by atoms with Gasteiger partial charge in [-0.05, 0) is 96.7 Å². The molecule has 0 unspecified atom stereocenters. The number of nitrogens with zero attached hydrogens (tertiary/aromatic N) is 3. The van der Waals surface area contributed by atoms with Gasteiger partial charge in [0.2, 0.25) is 0 Å². The molecule has 0 atom stereocenters. The van der Waals surface area contributed by atoms with Crippen LogP contribution in [-0.4, -0.2) is 65.7 Å². The number of hydrogen-bond donors (Lipinski definition) is 5. The number of amides is 1. The number of ether oxygens (including phenoxy) is 1. The summed E-state index contributed by atoms with van der Waals surface area (Å²) in [6.07, 6.45) is 3.89. The summed E-state index contributed by atoms with van der Waals surface area (Å²) < 4.78 is 92.9. The van der Waals surface area contributed by atoms with Crippen molar-refractivity contribution in [3.05, 3.63) is 148 Å². The Kier molecular flexibility index (Phi) is 15.9. The predicted octanol–water partition coefficient (Wildman–Crippen LogP) is 11.7. The maximum atomic E-state index is 14.2. The minimum absolute atomic E-state index is 0.0119. The molecule has 0 aliphatic heterocycles. The lowest BCUT2D eigenvalue weighted by Gasteiger charge is -2.30. The molecular formula is C54H58N6O12S3. The van der Waals surface area contributed by atoms with E-state index in [2.05, 4.69) is 78.7 Å². The molecule has 7 aromatic rings. The van der Waals surface area contributed by atoms with Gasteiger partial charge >= 0.3 is 0 Å². The fourth-order valence-electron chi connectivity index (χ4n) is 8.18. The maximum Gasteiger partial charge on any atom is 0.270 e. The molecule has 75 heavy (non-hydrogen) atoms. The number of anilines is 2. The molecule has 7 aromatic carbocycles. The largest absolute Gasteiger partial charge is 0.507 e. The molecule has 5 N–H and O–H groups in total. The number of nitro groups is 1. The summed E-state index contributed by atoms with van der Waals surface area (Å²) in [5, 5.41) is 45.0. The van der Waals surface area contributed by atoms with Crippen LogP contribution >= 0.6 is 0 Å². The lowest BCUT2D eigenvalue weighted by Crippen LogP contribution is -2.25. The zero-order valence-electron chi connectivity index (χ0n) is 42.3. The van der Waals surface area contributed by atoms with Gasteiger partial charge in [0, 0.05) is 52.0 Å². The fraction of sp³-hybridized carbons (Fsp3) is 0.278. The van der Waals surface area contributed by atoms with Crippen LogP contribution in [0.4, 0.5) is 28.4 Å². The van der Waals surface area contributed by atoms with E-state index in [1.54, 1.807) is 18.2 Å². The minimum atomic E-state index is -4.63. The van der Waals surface area contributed by atoms with Crippen molar-refractivity contribution in [3.63, 3.8) is 0 Å². The van der Waals surface area contributed by atoms with E-state index in [9.17, 15) is 50.4 Å². The number of rotatable bonds is 21. The van der Waals surface area contributed by atoms with Crippen LogP contribution in [-0.2, 0) is 40.7 Å². The lowest BCUT2D eigenvalue weighted by atomic mass is 9.76. The van der Waals surface area contributed by atoms with Crippen LogP contribution in [0.1, 0.15) is 88.7 Å². The van der Waals surface area contributed by atoms with Gasteiger partial charge in [-0.3, -0.25) is 24.4 Å². The van der Waals surface area contributed by atoms with E-state index in [0.717, 1.165) is 60.7 Å². The van der Waals surface area contributed by atoms with E-state index in [1.807, 2.05) is 6.07 Å². The highest BCUT2D eigenvalue weighted by atomic mass is 32.2. The minimum Gasteiger partial charge on any atom is -0.507 e. The van der Waals surface area contributed by atoms with E-state index >= 15 is 0 Å². The van der Waals surface area contributed by atoms with E-state index in [4.69, 9.17) is 4.74 Å². The fourth-order valence-corrected chi connectivity index (χ4v) is 11.3. The molecule has 1 amide bonds. The summed E-state index contributed by atoms with van der Waals surface area (Å²) in [5.41, 5.74) is 1.09. The summed E-state index contributed by atoms with van der Waals surface area (Å²) in [6.45, 7) is 13.8. The van der Waals surface area contributed by atoms with E-state index in [0.29, 0.717) is 19.4 Å². The molecule has 0 heterocycles. The number of phenols is 2. The Morgan fingerprint density at radius 1 is 0.680 bits per heavy atom. The van der Waals surface area contributed by atoms with Crippen molar-refractivity contribution in [2.45, 2.75) is 92.7 Å². The Hall–Kier alpha value is -7.62. The zero-order chi connectivity index (χ0) is 54.7. The molecule has 0 fully saturated rings. The Morgan fingerprint density at radius 2 is 1.29 bits per heavy atom. The van der Waals surface area contributed by atoms with E-state index in [1.165, 1.54) is 60.2 Å². The van der Waals surface area contributed by atoms with Gasteiger partial charge in [0.1, 0.15) is 27.8 Å². The van der Waals surface area contributed by atoms with Crippen molar-refractivity contribution >= 4 is 85.8 Å². The third-order valence-electron chi connectivity index (χ3n) is 13.4.